The molecule has 0 spiro atoms. The second-order valence-corrected chi connectivity index (χ2v) is 6.80. The summed E-state index contributed by atoms with van der Waals surface area (Å²) < 4.78 is 6.00. The summed E-state index contributed by atoms with van der Waals surface area (Å²) in [6.07, 6.45) is 0. The van der Waals surface area contributed by atoms with Gasteiger partial charge in [-0.3, -0.25) is 4.79 Å². The largest absolute Gasteiger partial charge is 0.495 e. The molecule has 0 unspecified atom stereocenters. The van der Waals surface area contributed by atoms with Crippen LogP contribution >= 0.6 is 15.9 Å². The molecule has 112 valence electrons. The number of methoxy groups -OCH3 is 1. The molecule has 0 saturated heterocycles. The summed E-state index contributed by atoms with van der Waals surface area (Å²) in [6, 6.07) is 5.31. The van der Waals surface area contributed by atoms with Crippen molar-refractivity contribution >= 4 is 21.8 Å². The maximum absolute atomic E-state index is 12.5. The third-order valence-electron chi connectivity index (χ3n) is 3.93. The number of para-hydroxylation sites is 1. The van der Waals surface area contributed by atoms with Gasteiger partial charge in [0.25, 0.3) is 5.91 Å². The van der Waals surface area contributed by atoms with E-state index in [2.05, 4.69) is 21.2 Å². The second kappa shape index (κ2) is 6.14. The Morgan fingerprint density at radius 2 is 1.95 bits per heavy atom. The van der Waals surface area contributed by atoms with Gasteiger partial charge in [0.15, 0.2) is 0 Å². The van der Waals surface area contributed by atoms with E-state index in [9.17, 15) is 9.90 Å². The molecular weight excluding hydrogens is 322 g/mol. The standard InChI is InChI=1S/C15H22BrNO3/c1-14(2,9-18)15(3,4)17-13(19)10-7-6-8-11(16)12(10)20-5/h6-8,18H,9H2,1-5H3,(H,17,19). The number of halogens is 1. The number of aliphatic hydroxyl groups excluding tert-OH is 1. The van der Waals surface area contributed by atoms with Crippen molar-refractivity contribution in [2.24, 2.45) is 5.41 Å². The minimum Gasteiger partial charge on any atom is -0.495 e. The molecule has 1 aromatic carbocycles. The molecule has 0 bridgehead atoms. The Labute approximate surface area is 128 Å². The van der Waals surface area contributed by atoms with Gasteiger partial charge in [-0.2, -0.15) is 0 Å². The topological polar surface area (TPSA) is 58.6 Å². The van der Waals surface area contributed by atoms with Gasteiger partial charge in [-0.1, -0.05) is 19.9 Å². The van der Waals surface area contributed by atoms with Crippen LogP contribution in [0.25, 0.3) is 0 Å². The lowest BCUT2D eigenvalue weighted by atomic mass is 9.75. The third-order valence-corrected chi connectivity index (χ3v) is 4.55. The molecule has 0 atom stereocenters. The summed E-state index contributed by atoms with van der Waals surface area (Å²) in [5.41, 5.74) is -0.544. The van der Waals surface area contributed by atoms with Crippen LogP contribution in [0, 0.1) is 5.41 Å². The number of carbonyl (C=O) groups excluding carboxylic acids is 1. The SMILES string of the molecule is COc1c(Br)cccc1C(=O)NC(C)(C)C(C)(C)CO. The van der Waals surface area contributed by atoms with E-state index in [0.717, 1.165) is 4.47 Å². The first-order valence-electron chi connectivity index (χ1n) is 6.42. The van der Waals surface area contributed by atoms with Crippen molar-refractivity contribution in [2.45, 2.75) is 33.2 Å². The van der Waals surface area contributed by atoms with Gasteiger partial charge >= 0.3 is 0 Å². The number of hydrogen-bond donors (Lipinski definition) is 2. The number of hydrogen-bond acceptors (Lipinski definition) is 3. The van der Waals surface area contributed by atoms with Crippen molar-refractivity contribution in [3.05, 3.63) is 28.2 Å². The first-order valence-corrected chi connectivity index (χ1v) is 7.21. The molecule has 4 nitrogen and oxygen atoms in total. The molecule has 5 heteroatoms. The van der Waals surface area contributed by atoms with E-state index in [-0.39, 0.29) is 12.5 Å². The molecule has 2 N–H and O–H groups in total. The monoisotopic (exact) mass is 343 g/mol. The molecular formula is C15H22BrNO3. The molecule has 0 heterocycles. The van der Waals surface area contributed by atoms with Crippen molar-refractivity contribution in [3.63, 3.8) is 0 Å². The molecule has 0 aromatic heterocycles. The predicted molar refractivity (Wildman–Crippen MR) is 83.1 cm³/mol. The van der Waals surface area contributed by atoms with Gasteiger partial charge in [-0.15, -0.1) is 0 Å². The minimum absolute atomic E-state index is 0.0180. The van der Waals surface area contributed by atoms with Gasteiger partial charge in [0, 0.05) is 11.0 Å². The van der Waals surface area contributed by atoms with E-state index in [1.165, 1.54) is 7.11 Å². The summed E-state index contributed by atoms with van der Waals surface area (Å²) in [5.74, 6) is 0.275. The number of amides is 1. The lowest BCUT2D eigenvalue weighted by molar-refractivity contribution is 0.0570. The van der Waals surface area contributed by atoms with Gasteiger partial charge < -0.3 is 15.2 Å². The Kier molecular flexibility index (Phi) is 5.21. The van der Waals surface area contributed by atoms with E-state index in [1.54, 1.807) is 12.1 Å². The number of carbonyl (C=O) groups is 1. The maximum Gasteiger partial charge on any atom is 0.255 e. The first kappa shape index (κ1) is 17.0. The van der Waals surface area contributed by atoms with Gasteiger partial charge in [-0.05, 0) is 41.9 Å². The Morgan fingerprint density at radius 1 is 1.35 bits per heavy atom. The summed E-state index contributed by atoms with van der Waals surface area (Å²) in [5, 5.41) is 12.4. The van der Waals surface area contributed by atoms with Crippen LogP contribution in [0.3, 0.4) is 0 Å². The Balaban J connectivity index is 3.07. The lowest BCUT2D eigenvalue weighted by Crippen LogP contribution is -2.55. The Morgan fingerprint density at radius 3 is 2.45 bits per heavy atom. The highest BCUT2D eigenvalue weighted by molar-refractivity contribution is 9.10. The number of aliphatic hydroxyl groups is 1. The van der Waals surface area contributed by atoms with Crippen LogP contribution in [0.15, 0.2) is 22.7 Å². The van der Waals surface area contributed by atoms with Crippen molar-refractivity contribution in [1.82, 2.24) is 5.32 Å². The molecule has 0 saturated carbocycles. The molecule has 1 rings (SSSR count). The third kappa shape index (κ3) is 3.33. The quantitative estimate of drug-likeness (QED) is 0.863. The summed E-state index contributed by atoms with van der Waals surface area (Å²) >= 11 is 3.36. The van der Waals surface area contributed by atoms with E-state index < -0.39 is 11.0 Å². The van der Waals surface area contributed by atoms with Crippen LogP contribution < -0.4 is 10.1 Å². The fraction of sp³-hybridized carbons (Fsp3) is 0.533. The van der Waals surface area contributed by atoms with Crippen LogP contribution in [0.2, 0.25) is 0 Å². The highest BCUT2D eigenvalue weighted by Crippen LogP contribution is 2.32. The van der Waals surface area contributed by atoms with Crippen molar-refractivity contribution in [1.29, 1.82) is 0 Å². The number of benzene rings is 1. The average molecular weight is 344 g/mol. The van der Waals surface area contributed by atoms with E-state index in [0.29, 0.717) is 11.3 Å². The second-order valence-electron chi connectivity index (χ2n) is 5.94. The predicted octanol–water partition coefficient (Wildman–Crippen LogP) is 2.98. The Bertz CT molecular complexity index is 498. The van der Waals surface area contributed by atoms with E-state index in [4.69, 9.17) is 4.74 Å². The maximum atomic E-state index is 12.5. The molecule has 0 fully saturated rings. The van der Waals surface area contributed by atoms with Crippen LogP contribution in [0.4, 0.5) is 0 Å². The van der Waals surface area contributed by atoms with Gasteiger partial charge in [0.2, 0.25) is 0 Å². The molecule has 0 aliphatic heterocycles. The smallest absolute Gasteiger partial charge is 0.255 e. The Hall–Kier alpha value is -1.07. The summed E-state index contributed by atoms with van der Waals surface area (Å²) in [4.78, 5) is 12.5. The molecule has 0 aliphatic rings. The van der Waals surface area contributed by atoms with Crippen LogP contribution in [-0.2, 0) is 0 Å². The van der Waals surface area contributed by atoms with E-state index in [1.807, 2.05) is 33.8 Å². The summed E-state index contributed by atoms with van der Waals surface area (Å²) in [6.45, 7) is 7.59. The van der Waals surface area contributed by atoms with E-state index >= 15 is 0 Å². The highest BCUT2D eigenvalue weighted by atomic mass is 79.9. The number of nitrogens with one attached hydrogen (secondary N) is 1. The zero-order chi connectivity index (χ0) is 15.6. The zero-order valence-corrected chi connectivity index (χ0v) is 14.2. The normalized spacial score (nSPS) is 12.2. The first-order chi connectivity index (χ1) is 9.16. The number of rotatable bonds is 5. The zero-order valence-electron chi connectivity index (χ0n) is 12.6. The lowest BCUT2D eigenvalue weighted by Gasteiger charge is -2.41. The van der Waals surface area contributed by atoms with Gasteiger partial charge in [-0.25, -0.2) is 0 Å². The molecule has 1 aromatic rings. The van der Waals surface area contributed by atoms with Crippen molar-refractivity contribution < 1.29 is 14.6 Å². The van der Waals surface area contributed by atoms with Crippen molar-refractivity contribution in [3.8, 4) is 5.75 Å². The minimum atomic E-state index is -0.563. The van der Waals surface area contributed by atoms with Gasteiger partial charge in [0.1, 0.15) is 5.75 Å². The molecule has 1 amide bonds. The number of ether oxygens (including phenoxy) is 1. The fourth-order valence-electron chi connectivity index (χ4n) is 1.61. The molecule has 0 radical (unpaired) electrons. The van der Waals surface area contributed by atoms with Crippen LogP contribution in [0.1, 0.15) is 38.1 Å². The summed E-state index contributed by atoms with van der Waals surface area (Å²) in [7, 11) is 1.53. The van der Waals surface area contributed by atoms with Crippen LogP contribution in [-0.4, -0.2) is 30.3 Å². The average Bonchev–Trinajstić information content (AvgIpc) is 2.37. The molecule has 20 heavy (non-hydrogen) atoms. The van der Waals surface area contributed by atoms with Gasteiger partial charge in [0.05, 0.1) is 23.8 Å². The highest BCUT2D eigenvalue weighted by Gasteiger charge is 2.38. The van der Waals surface area contributed by atoms with Crippen LogP contribution in [0.5, 0.6) is 5.75 Å². The van der Waals surface area contributed by atoms with Crippen molar-refractivity contribution in [2.75, 3.05) is 13.7 Å². The molecule has 0 aliphatic carbocycles. The fourth-order valence-corrected chi connectivity index (χ4v) is 2.14.